The first-order valence-electron chi connectivity index (χ1n) is 6.50. The number of nitrogens with two attached hydrogens (primary N) is 1. The highest BCUT2D eigenvalue weighted by atomic mass is 32.2. The lowest BCUT2D eigenvalue weighted by Crippen LogP contribution is -2.49. The molecule has 21 heavy (non-hydrogen) atoms. The van der Waals surface area contributed by atoms with E-state index in [4.69, 9.17) is 10.5 Å². The minimum atomic E-state index is -1.25. The standard InChI is InChI=1S/C13H24N2O5S/c1-9(16)19-10(17)13(5,14)8-21-7-6-15-11(18)20-12(2,3)4/h6-8,14H2,1-5H3,(H,15,18)/t13-/m0/s1. The predicted octanol–water partition coefficient (Wildman–Crippen LogP) is 1.05. The van der Waals surface area contributed by atoms with E-state index < -0.39 is 29.2 Å². The molecule has 0 saturated heterocycles. The van der Waals surface area contributed by atoms with E-state index >= 15 is 0 Å². The van der Waals surface area contributed by atoms with Crippen LogP contribution in [0.2, 0.25) is 0 Å². The number of carbonyl (C=O) groups is 3. The molecule has 1 amide bonds. The molecule has 0 aliphatic carbocycles. The first kappa shape index (κ1) is 19.7. The van der Waals surface area contributed by atoms with E-state index in [0.29, 0.717) is 12.3 Å². The molecule has 0 saturated carbocycles. The third-order valence-corrected chi connectivity index (χ3v) is 3.32. The highest BCUT2D eigenvalue weighted by molar-refractivity contribution is 7.99. The Morgan fingerprint density at radius 2 is 1.76 bits per heavy atom. The Morgan fingerprint density at radius 1 is 1.19 bits per heavy atom. The van der Waals surface area contributed by atoms with Crippen molar-refractivity contribution in [3.8, 4) is 0 Å². The molecule has 0 fully saturated rings. The molecule has 0 radical (unpaired) electrons. The van der Waals surface area contributed by atoms with Crippen LogP contribution in [0.15, 0.2) is 0 Å². The zero-order valence-corrected chi connectivity index (χ0v) is 14.0. The van der Waals surface area contributed by atoms with Crippen molar-refractivity contribution in [1.82, 2.24) is 5.32 Å². The molecular formula is C13H24N2O5S. The van der Waals surface area contributed by atoms with E-state index in [9.17, 15) is 14.4 Å². The Balaban J connectivity index is 3.92. The molecule has 3 N–H and O–H groups in total. The second kappa shape index (κ2) is 8.23. The van der Waals surface area contributed by atoms with Crippen LogP contribution in [0.25, 0.3) is 0 Å². The molecule has 0 aliphatic rings. The van der Waals surface area contributed by atoms with Crippen LogP contribution < -0.4 is 11.1 Å². The third-order valence-electron chi connectivity index (χ3n) is 2.02. The quantitative estimate of drug-likeness (QED) is 0.428. The van der Waals surface area contributed by atoms with Gasteiger partial charge < -0.3 is 20.5 Å². The molecule has 7 nitrogen and oxygen atoms in total. The van der Waals surface area contributed by atoms with Crippen molar-refractivity contribution in [3.05, 3.63) is 0 Å². The van der Waals surface area contributed by atoms with E-state index in [2.05, 4.69) is 10.1 Å². The molecule has 0 heterocycles. The smallest absolute Gasteiger partial charge is 0.407 e. The number of esters is 2. The maximum atomic E-state index is 11.5. The van der Waals surface area contributed by atoms with Crippen LogP contribution in [0.3, 0.4) is 0 Å². The van der Waals surface area contributed by atoms with Gasteiger partial charge in [0.15, 0.2) is 0 Å². The van der Waals surface area contributed by atoms with Gasteiger partial charge >= 0.3 is 18.0 Å². The summed E-state index contributed by atoms with van der Waals surface area (Å²) in [5, 5.41) is 2.59. The van der Waals surface area contributed by atoms with Gasteiger partial charge in [0.25, 0.3) is 0 Å². The lowest BCUT2D eigenvalue weighted by atomic mass is 10.1. The highest BCUT2D eigenvalue weighted by Crippen LogP contribution is 2.12. The number of thioether (sulfide) groups is 1. The number of nitrogens with one attached hydrogen (secondary N) is 1. The summed E-state index contributed by atoms with van der Waals surface area (Å²) in [6.07, 6.45) is -0.491. The summed E-state index contributed by atoms with van der Waals surface area (Å²) in [5.41, 5.74) is 3.99. The monoisotopic (exact) mass is 320 g/mol. The van der Waals surface area contributed by atoms with E-state index in [1.165, 1.54) is 18.7 Å². The summed E-state index contributed by atoms with van der Waals surface area (Å²) >= 11 is 1.37. The predicted molar refractivity (Wildman–Crippen MR) is 80.9 cm³/mol. The van der Waals surface area contributed by atoms with Crippen molar-refractivity contribution in [2.24, 2.45) is 5.73 Å². The molecule has 0 rings (SSSR count). The second-order valence-electron chi connectivity index (χ2n) is 5.78. The fourth-order valence-electron chi connectivity index (χ4n) is 1.13. The number of alkyl carbamates (subject to hydrolysis) is 1. The molecule has 0 spiro atoms. The van der Waals surface area contributed by atoms with Gasteiger partial charge in [-0.3, -0.25) is 4.79 Å². The largest absolute Gasteiger partial charge is 0.444 e. The van der Waals surface area contributed by atoms with Crippen molar-refractivity contribution in [1.29, 1.82) is 0 Å². The van der Waals surface area contributed by atoms with E-state index in [-0.39, 0.29) is 5.75 Å². The van der Waals surface area contributed by atoms with Crippen molar-refractivity contribution >= 4 is 29.8 Å². The Labute approximate surface area is 129 Å². The summed E-state index contributed by atoms with van der Waals surface area (Å²) in [6.45, 7) is 8.36. The average Bonchev–Trinajstić information content (AvgIpc) is 2.24. The molecule has 0 aliphatic heterocycles. The number of amides is 1. The summed E-state index contributed by atoms with van der Waals surface area (Å²) in [5.74, 6) is -0.620. The van der Waals surface area contributed by atoms with Gasteiger partial charge in [-0.15, -0.1) is 0 Å². The minimum absolute atomic E-state index is 0.273. The van der Waals surface area contributed by atoms with Gasteiger partial charge in [-0.05, 0) is 27.7 Å². The lowest BCUT2D eigenvalue weighted by Gasteiger charge is -2.21. The SMILES string of the molecule is CC(=O)OC(=O)[C@@](C)(N)CSCCNC(=O)OC(C)(C)C. The highest BCUT2D eigenvalue weighted by Gasteiger charge is 2.31. The minimum Gasteiger partial charge on any atom is -0.444 e. The maximum absolute atomic E-state index is 11.5. The summed E-state index contributed by atoms with van der Waals surface area (Å²) in [4.78, 5) is 33.6. The number of rotatable bonds is 6. The van der Waals surface area contributed by atoms with Crippen molar-refractivity contribution in [3.63, 3.8) is 0 Å². The van der Waals surface area contributed by atoms with Crippen LogP contribution in [0, 0.1) is 0 Å². The van der Waals surface area contributed by atoms with Crippen LogP contribution in [-0.2, 0) is 19.1 Å². The second-order valence-corrected chi connectivity index (χ2v) is 6.88. The van der Waals surface area contributed by atoms with E-state index in [1.807, 2.05) is 0 Å². The first-order chi connectivity index (χ1) is 9.44. The fourth-order valence-corrected chi connectivity index (χ4v) is 2.06. The Bertz CT molecular complexity index is 391. The van der Waals surface area contributed by atoms with Crippen molar-refractivity contribution < 1.29 is 23.9 Å². The van der Waals surface area contributed by atoms with Crippen molar-refractivity contribution in [2.75, 3.05) is 18.1 Å². The Morgan fingerprint density at radius 3 is 2.24 bits per heavy atom. The molecule has 0 unspecified atom stereocenters. The normalized spacial score (nSPS) is 14.0. The molecule has 8 heteroatoms. The number of hydrogen-bond donors (Lipinski definition) is 2. The van der Waals surface area contributed by atoms with E-state index in [0.717, 1.165) is 6.92 Å². The zero-order valence-electron chi connectivity index (χ0n) is 13.1. The number of carbonyl (C=O) groups excluding carboxylic acids is 3. The van der Waals surface area contributed by atoms with Gasteiger partial charge in [-0.1, -0.05) is 0 Å². The molecule has 1 atom stereocenters. The van der Waals surface area contributed by atoms with Gasteiger partial charge in [0.05, 0.1) is 0 Å². The molecule has 0 aromatic carbocycles. The van der Waals surface area contributed by atoms with Gasteiger partial charge in [0.1, 0.15) is 11.1 Å². The Hall–Kier alpha value is -1.28. The van der Waals surface area contributed by atoms with Gasteiger partial charge in [0.2, 0.25) is 0 Å². The number of hydrogen-bond acceptors (Lipinski definition) is 7. The van der Waals surface area contributed by atoms with E-state index in [1.54, 1.807) is 20.8 Å². The zero-order chi connectivity index (χ0) is 16.7. The Kier molecular flexibility index (Phi) is 7.73. The lowest BCUT2D eigenvalue weighted by molar-refractivity contribution is -0.161. The van der Waals surface area contributed by atoms with Gasteiger partial charge in [-0.2, -0.15) is 11.8 Å². The maximum Gasteiger partial charge on any atom is 0.407 e. The van der Waals surface area contributed by atoms with Crippen LogP contribution in [0.5, 0.6) is 0 Å². The van der Waals surface area contributed by atoms with Gasteiger partial charge in [0, 0.05) is 25.0 Å². The van der Waals surface area contributed by atoms with Crippen LogP contribution in [0.4, 0.5) is 4.79 Å². The average molecular weight is 320 g/mol. The topological polar surface area (TPSA) is 108 Å². The van der Waals surface area contributed by atoms with Gasteiger partial charge in [-0.25, -0.2) is 9.59 Å². The summed E-state index contributed by atoms with van der Waals surface area (Å²) in [6, 6.07) is 0. The first-order valence-corrected chi connectivity index (χ1v) is 7.66. The molecular weight excluding hydrogens is 296 g/mol. The fraction of sp³-hybridized carbons (Fsp3) is 0.769. The molecule has 0 aromatic rings. The summed E-state index contributed by atoms with van der Waals surface area (Å²) < 4.78 is 9.53. The summed E-state index contributed by atoms with van der Waals surface area (Å²) in [7, 11) is 0. The number of ether oxygens (including phenoxy) is 2. The third kappa shape index (κ3) is 10.1. The molecule has 0 bridgehead atoms. The van der Waals surface area contributed by atoms with Crippen LogP contribution in [0.1, 0.15) is 34.6 Å². The van der Waals surface area contributed by atoms with Crippen LogP contribution >= 0.6 is 11.8 Å². The van der Waals surface area contributed by atoms with Crippen LogP contribution in [-0.4, -0.2) is 47.2 Å². The molecule has 122 valence electrons. The van der Waals surface area contributed by atoms with Crippen molar-refractivity contribution in [2.45, 2.75) is 45.8 Å². The molecule has 0 aromatic heterocycles.